The Hall–Kier alpha value is -6.44. The number of rotatable bonds is 5. The first-order valence-corrected chi connectivity index (χ1v) is 19.8. The number of benzene rings is 8. The molecule has 0 radical (unpaired) electrons. The SMILES string of the molecule is c1ccc(-c2ccc3c(c2)C2(CCC4(CC2)c2ccccc2-c2ccccc24)c2cc(-c4ccc(N(c5ccccc5)c5ccccc5)cc4)ccc2-3)cc1. The minimum atomic E-state index is -0.0550. The van der Waals surface area contributed by atoms with Crippen molar-refractivity contribution >= 4 is 17.1 Å². The van der Waals surface area contributed by atoms with Gasteiger partial charge in [0.2, 0.25) is 0 Å². The summed E-state index contributed by atoms with van der Waals surface area (Å²) in [5.41, 5.74) is 20.3. The van der Waals surface area contributed by atoms with Gasteiger partial charge in [0.25, 0.3) is 0 Å². The van der Waals surface area contributed by atoms with Crippen LogP contribution in [0.5, 0.6) is 0 Å². The molecule has 1 saturated carbocycles. The molecule has 8 aromatic rings. The lowest BCUT2D eigenvalue weighted by Gasteiger charge is -2.45. The van der Waals surface area contributed by atoms with E-state index in [-0.39, 0.29) is 10.8 Å². The zero-order valence-corrected chi connectivity index (χ0v) is 30.8. The van der Waals surface area contributed by atoms with Crippen molar-refractivity contribution in [1.29, 1.82) is 0 Å². The van der Waals surface area contributed by atoms with Gasteiger partial charge in [-0.1, -0.05) is 152 Å². The lowest BCUT2D eigenvalue weighted by molar-refractivity contribution is 0.265. The van der Waals surface area contributed by atoms with E-state index in [1.165, 1.54) is 66.8 Å². The zero-order chi connectivity index (χ0) is 36.4. The molecule has 0 N–H and O–H groups in total. The highest BCUT2D eigenvalue weighted by Gasteiger charge is 2.53. The number of hydrogen-bond donors (Lipinski definition) is 0. The monoisotopic (exact) mass is 703 g/mol. The molecule has 8 aromatic carbocycles. The normalized spacial score (nSPS) is 15.3. The predicted octanol–water partition coefficient (Wildman–Crippen LogP) is 14.3. The Morgan fingerprint density at radius 3 is 1.11 bits per heavy atom. The predicted molar refractivity (Wildman–Crippen MR) is 229 cm³/mol. The summed E-state index contributed by atoms with van der Waals surface area (Å²) >= 11 is 0. The van der Waals surface area contributed by atoms with Gasteiger partial charge in [-0.15, -0.1) is 0 Å². The van der Waals surface area contributed by atoms with Gasteiger partial charge in [0.15, 0.2) is 0 Å². The van der Waals surface area contributed by atoms with Gasteiger partial charge in [-0.2, -0.15) is 0 Å². The van der Waals surface area contributed by atoms with Gasteiger partial charge in [-0.3, -0.25) is 0 Å². The van der Waals surface area contributed by atoms with Crippen molar-refractivity contribution < 1.29 is 0 Å². The molecule has 3 aliphatic carbocycles. The average molecular weight is 704 g/mol. The van der Waals surface area contributed by atoms with Gasteiger partial charge in [0, 0.05) is 27.9 Å². The maximum Gasteiger partial charge on any atom is 0.0462 e. The lowest BCUT2D eigenvalue weighted by atomic mass is 9.57. The molecule has 2 spiro atoms. The topological polar surface area (TPSA) is 3.24 Å². The molecule has 11 rings (SSSR count). The summed E-state index contributed by atoms with van der Waals surface area (Å²) < 4.78 is 0. The molecule has 1 heteroatoms. The second-order valence-electron chi connectivity index (χ2n) is 15.7. The maximum absolute atomic E-state index is 2.55. The quantitative estimate of drug-likeness (QED) is 0.172. The van der Waals surface area contributed by atoms with Crippen LogP contribution in [-0.4, -0.2) is 0 Å². The summed E-state index contributed by atoms with van der Waals surface area (Å²) in [4.78, 5) is 2.33. The molecule has 55 heavy (non-hydrogen) atoms. The van der Waals surface area contributed by atoms with Gasteiger partial charge >= 0.3 is 0 Å². The first kappa shape index (κ1) is 32.0. The number of nitrogens with zero attached hydrogens (tertiary/aromatic N) is 1. The van der Waals surface area contributed by atoms with Gasteiger partial charge < -0.3 is 4.90 Å². The van der Waals surface area contributed by atoms with Crippen LogP contribution in [0, 0.1) is 0 Å². The maximum atomic E-state index is 2.55. The Labute approximate surface area is 324 Å². The van der Waals surface area contributed by atoms with Crippen molar-refractivity contribution in [3.63, 3.8) is 0 Å². The molecular formula is C54H41N. The fourth-order valence-corrected chi connectivity index (χ4v) is 10.5. The highest BCUT2D eigenvalue weighted by Crippen LogP contribution is 2.64. The Morgan fingerprint density at radius 1 is 0.273 bits per heavy atom. The Balaban J connectivity index is 1.01. The van der Waals surface area contributed by atoms with E-state index in [2.05, 4.69) is 205 Å². The average Bonchev–Trinajstić information content (AvgIpc) is 3.69. The molecule has 262 valence electrons. The highest BCUT2D eigenvalue weighted by atomic mass is 15.1. The zero-order valence-electron chi connectivity index (χ0n) is 30.8. The molecule has 0 aliphatic heterocycles. The molecule has 1 nitrogen and oxygen atoms in total. The van der Waals surface area contributed by atoms with Crippen LogP contribution in [0.25, 0.3) is 44.5 Å². The molecule has 0 unspecified atom stereocenters. The Bertz CT molecular complexity index is 2600. The molecule has 0 bridgehead atoms. The molecule has 1 fully saturated rings. The summed E-state index contributed by atoms with van der Waals surface area (Å²) in [6.45, 7) is 0. The molecule has 0 saturated heterocycles. The minimum Gasteiger partial charge on any atom is -0.311 e. The summed E-state index contributed by atoms with van der Waals surface area (Å²) in [6.07, 6.45) is 4.48. The van der Waals surface area contributed by atoms with Crippen molar-refractivity contribution in [2.24, 2.45) is 0 Å². The van der Waals surface area contributed by atoms with Crippen LogP contribution in [-0.2, 0) is 10.8 Å². The summed E-state index contributed by atoms with van der Waals surface area (Å²) in [7, 11) is 0. The largest absolute Gasteiger partial charge is 0.311 e. The second-order valence-corrected chi connectivity index (χ2v) is 15.7. The van der Waals surface area contributed by atoms with Crippen LogP contribution in [0.2, 0.25) is 0 Å². The molecule has 0 aromatic heterocycles. The Morgan fingerprint density at radius 2 is 0.618 bits per heavy atom. The summed E-state index contributed by atoms with van der Waals surface area (Å²) in [5.74, 6) is 0. The molecule has 3 aliphatic rings. The lowest BCUT2D eigenvalue weighted by Crippen LogP contribution is -2.39. The van der Waals surface area contributed by atoms with Gasteiger partial charge in [-0.25, -0.2) is 0 Å². The van der Waals surface area contributed by atoms with E-state index in [1.807, 2.05) is 0 Å². The van der Waals surface area contributed by atoms with Crippen LogP contribution < -0.4 is 4.90 Å². The van der Waals surface area contributed by atoms with Gasteiger partial charge in [0.05, 0.1) is 0 Å². The molecule has 0 amide bonds. The molecule has 0 atom stereocenters. The smallest absolute Gasteiger partial charge is 0.0462 e. The van der Waals surface area contributed by atoms with Crippen LogP contribution in [0.4, 0.5) is 17.1 Å². The first-order chi connectivity index (χ1) is 27.2. The Kier molecular flexibility index (Phi) is 7.32. The number of para-hydroxylation sites is 2. The van der Waals surface area contributed by atoms with E-state index in [9.17, 15) is 0 Å². The third-order valence-corrected chi connectivity index (χ3v) is 13.1. The fourth-order valence-electron chi connectivity index (χ4n) is 10.5. The number of fused-ring (bicyclic) bond motifs is 10. The van der Waals surface area contributed by atoms with Crippen molar-refractivity contribution in [1.82, 2.24) is 0 Å². The summed E-state index contributed by atoms with van der Waals surface area (Å²) in [5, 5.41) is 0. The van der Waals surface area contributed by atoms with E-state index in [0.29, 0.717) is 0 Å². The highest BCUT2D eigenvalue weighted by molar-refractivity contribution is 5.88. The van der Waals surface area contributed by atoms with E-state index in [0.717, 1.165) is 42.7 Å². The minimum absolute atomic E-state index is 0.0508. The van der Waals surface area contributed by atoms with E-state index in [1.54, 1.807) is 0 Å². The van der Waals surface area contributed by atoms with E-state index in [4.69, 9.17) is 0 Å². The van der Waals surface area contributed by atoms with Crippen molar-refractivity contribution in [2.45, 2.75) is 36.5 Å². The fraction of sp³-hybridized carbons (Fsp3) is 0.111. The number of anilines is 3. The van der Waals surface area contributed by atoms with E-state index >= 15 is 0 Å². The molecule has 0 heterocycles. The van der Waals surface area contributed by atoms with E-state index < -0.39 is 0 Å². The second kappa shape index (κ2) is 12.6. The summed E-state index contributed by atoms with van der Waals surface area (Å²) in [6, 6.07) is 74.4. The van der Waals surface area contributed by atoms with Crippen LogP contribution in [0.3, 0.4) is 0 Å². The van der Waals surface area contributed by atoms with Crippen LogP contribution in [0.15, 0.2) is 200 Å². The third kappa shape index (κ3) is 4.93. The molecular weight excluding hydrogens is 663 g/mol. The van der Waals surface area contributed by atoms with Crippen molar-refractivity contribution in [3.8, 4) is 44.5 Å². The van der Waals surface area contributed by atoms with Gasteiger partial charge in [0.1, 0.15) is 0 Å². The van der Waals surface area contributed by atoms with Crippen molar-refractivity contribution in [2.75, 3.05) is 4.90 Å². The van der Waals surface area contributed by atoms with Gasteiger partial charge in [-0.05, 0) is 141 Å². The van der Waals surface area contributed by atoms with Crippen LogP contribution in [0.1, 0.15) is 47.9 Å². The van der Waals surface area contributed by atoms with Crippen molar-refractivity contribution in [3.05, 3.63) is 222 Å². The van der Waals surface area contributed by atoms with Crippen LogP contribution >= 0.6 is 0 Å². The standard InChI is InChI=1S/C54H41N/c1-4-14-38(15-5-1)40-26-30-47-48-31-27-41(39-24-28-44(29-25-39)55(42-16-6-2-7-17-42)43-18-8-3-9-19-43)37-52(48)54(51(47)36-40)34-32-53(33-35-54)49-22-12-10-20-45(49)46-21-11-13-23-50(46)53/h1-31,36-37H,32-35H2. The third-order valence-electron chi connectivity index (χ3n) is 13.1. The first-order valence-electron chi connectivity index (χ1n) is 19.8. The number of hydrogen-bond acceptors (Lipinski definition) is 1.